The monoisotopic (exact) mass is 503 g/mol. The summed E-state index contributed by atoms with van der Waals surface area (Å²) in [6.07, 6.45) is 5.34. The largest absolute Gasteiger partial charge is 0.486 e. The Morgan fingerprint density at radius 3 is 2.39 bits per heavy atom. The maximum absolute atomic E-state index is 13.4. The van der Waals surface area contributed by atoms with E-state index in [4.69, 9.17) is 21.4 Å². The van der Waals surface area contributed by atoms with E-state index in [2.05, 4.69) is 6.92 Å². The Labute approximate surface area is 216 Å². The number of carbonyl (C=O) groups is 2. The topological polar surface area (TPSA) is 68.5 Å². The van der Waals surface area contributed by atoms with Gasteiger partial charge in [0.25, 0.3) is 0 Å². The lowest BCUT2D eigenvalue weighted by Gasteiger charge is -2.20. The molecule has 5 nitrogen and oxygen atoms in total. The standard InChI is InChI=1S/C30H30ClNO4/c1-2-3-9-28(21-11-15-23(31)16-12-21)36-24-17-13-22(14-18-24)30(35)26-20-32(19-6-10-29(33)34)27-8-5-4-7-25(26)27/h4-5,7-8,11-18,20,28H,2-3,6,9-10,19H2,1H3,(H,33,34). The number of aryl methyl sites for hydroxylation is 1. The maximum Gasteiger partial charge on any atom is 0.303 e. The number of hydrogen-bond donors (Lipinski definition) is 1. The number of rotatable bonds is 12. The molecular formula is C30H30ClNO4. The van der Waals surface area contributed by atoms with Crippen molar-refractivity contribution in [2.45, 2.75) is 51.7 Å². The third-order valence-corrected chi connectivity index (χ3v) is 6.53. The van der Waals surface area contributed by atoms with E-state index in [0.29, 0.717) is 34.9 Å². The highest BCUT2D eigenvalue weighted by Crippen LogP contribution is 2.29. The van der Waals surface area contributed by atoms with E-state index in [1.807, 2.05) is 71.4 Å². The van der Waals surface area contributed by atoms with Crippen molar-refractivity contribution < 1.29 is 19.4 Å². The van der Waals surface area contributed by atoms with Crippen LogP contribution in [-0.2, 0) is 11.3 Å². The molecule has 0 aliphatic heterocycles. The Morgan fingerprint density at radius 2 is 1.69 bits per heavy atom. The molecule has 6 heteroatoms. The van der Waals surface area contributed by atoms with Gasteiger partial charge in [0.15, 0.2) is 5.78 Å². The van der Waals surface area contributed by atoms with Crippen molar-refractivity contribution in [2.24, 2.45) is 0 Å². The summed E-state index contributed by atoms with van der Waals surface area (Å²) in [6.45, 7) is 2.69. The van der Waals surface area contributed by atoms with E-state index >= 15 is 0 Å². The predicted octanol–water partition coefficient (Wildman–Crippen LogP) is 7.70. The summed E-state index contributed by atoms with van der Waals surface area (Å²) in [4.78, 5) is 24.3. The lowest BCUT2D eigenvalue weighted by molar-refractivity contribution is -0.137. The van der Waals surface area contributed by atoms with Gasteiger partial charge < -0.3 is 14.4 Å². The van der Waals surface area contributed by atoms with Crippen molar-refractivity contribution in [3.63, 3.8) is 0 Å². The first-order chi connectivity index (χ1) is 17.5. The first-order valence-corrected chi connectivity index (χ1v) is 12.7. The van der Waals surface area contributed by atoms with Gasteiger partial charge in [0.1, 0.15) is 11.9 Å². The van der Waals surface area contributed by atoms with Crippen LogP contribution in [0.3, 0.4) is 0 Å². The van der Waals surface area contributed by atoms with E-state index in [0.717, 1.165) is 35.7 Å². The number of hydrogen-bond acceptors (Lipinski definition) is 3. The number of benzene rings is 3. The number of halogens is 1. The van der Waals surface area contributed by atoms with Crippen LogP contribution in [0.15, 0.2) is 79.0 Å². The van der Waals surface area contributed by atoms with E-state index in [1.54, 1.807) is 12.1 Å². The number of nitrogens with zero attached hydrogens (tertiary/aromatic N) is 1. The number of aromatic nitrogens is 1. The van der Waals surface area contributed by atoms with Crippen LogP contribution in [-0.4, -0.2) is 21.4 Å². The summed E-state index contributed by atoms with van der Waals surface area (Å²) >= 11 is 6.06. The van der Waals surface area contributed by atoms with Gasteiger partial charge in [-0.25, -0.2) is 0 Å². The average molecular weight is 504 g/mol. The SMILES string of the molecule is CCCCC(Oc1ccc(C(=O)c2cn(CCCC(=O)O)c3ccccc23)cc1)c1ccc(Cl)cc1. The number of carbonyl (C=O) groups excluding carboxylic acids is 1. The zero-order chi connectivity index (χ0) is 25.5. The van der Waals surface area contributed by atoms with Crippen LogP contribution in [0.1, 0.15) is 66.6 Å². The Balaban J connectivity index is 1.53. The van der Waals surface area contributed by atoms with Crippen molar-refractivity contribution in [3.05, 3.63) is 101 Å². The van der Waals surface area contributed by atoms with Crippen LogP contribution in [0.25, 0.3) is 10.9 Å². The highest BCUT2D eigenvalue weighted by atomic mass is 35.5. The second kappa shape index (κ2) is 11.9. The smallest absolute Gasteiger partial charge is 0.303 e. The van der Waals surface area contributed by atoms with Gasteiger partial charge in [-0.1, -0.05) is 55.3 Å². The third-order valence-electron chi connectivity index (χ3n) is 6.28. The molecule has 36 heavy (non-hydrogen) atoms. The van der Waals surface area contributed by atoms with Crippen molar-refractivity contribution in [1.29, 1.82) is 0 Å². The minimum Gasteiger partial charge on any atom is -0.486 e. The number of ether oxygens (including phenoxy) is 1. The van der Waals surface area contributed by atoms with Gasteiger partial charge in [0.2, 0.25) is 0 Å². The van der Waals surface area contributed by atoms with Crippen molar-refractivity contribution in [1.82, 2.24) is 4.57 Å². The van der Waals surface area contributed by atoms with Gasteiger partial charge in [0.05, 0.1) is 0 Å². The molecule has 0 aliphatic carbocycles. The van der Waals surface area contributed by atoms with Gasteiger partial charge >= 0.3 is 5.97 Å². The second-order valence-electron chi connectivity index (χ2n) is 8.90. The molecule has 0 radical (unpaired) electrons. The molecule has 1 aromatic heterocycles. The molecule has 0 saturated heterocycles. The predicted molar refractivity (Wildman–Crippen MR) is 143 cm³/mol. The van der Waals surface area contributed by atoms with Crippen LogP contribution in [0.5, 0.6) is 5.75 Å². The Bertz CT molecular complexity index is 1330. The van der Waals surface area contributed by atoms with Gasteiger partial charge in [-0.3, -0.25) is 9.59 Å². The van der Waals surface area contributed by atoms with Crippen LogP contribution in [0.4, 0.5) is 0 Å². The molecule has 1 unspecified atom stereocenters. The molecule has 1 N–H and O–H groups in total. The number of carboxylic acids is 1. The minimum atomic E-state index is -0.821. The lowest BCUT2D eigenvalue weighted by atomic mass is 10.0. The number of fused-ring (bicyclic) bond motifs is 1. The first kappa shape index (κ1) is 25.5. The highest BCUT2D eigenvalue weighted by Gasteiger charge is 2.18. The zero-order valence-electron chi connectivity index (χ0n) is 20.3. The van der Waals surface area contributed by atoms with Gasteiger partial charge in [0, 0.05) is 46.2 Å². The fourth-order valence-corrected chi connectivity index (χ4v) is 4.50. The van der Waals surface area contributed by atoms with Gasteiger partial charge in [-0.15, -0.1) is 0 Å². The molecule has 0 aliphatic rings. The van der Waals surface area contributed by atoms with Crippen molar-refractivity contribution in [2.75, 3.05) is 0 Å². The third kappa shape index (κ3) is 6.16. The molecule has 0 fully saturated rings. The summed E-state index contributed by atoms with van der Waals surface area (Å²) in [5.74, 6) is -0.188. The summed E-state index contributed by atoms with van der Waals surface area (Å²) in [6, 6.07) is 22.7. The summed E-state index contributed by atoms with van der Waals surface area (Å²) < 4.78 is 8.28. The Kier molecular flexibility index (Phi) is 8.44. The molecule has 1 heterocycles. The maximum atomic E-state index is 13.4. The molecule has 1 atom stereocenters. The van der Waals surface area contributed by atoms with E-state index in [1.165, 1.54) is 0 Å². The summed E-state index contributed by atoms with van der Waals surface area (Å²) in [5, 5.41) is 10.5. The molecule has 0 bridgehead atoms. The number of ketones is 1. The quantitative estimate of drug-likeness (QED) is 0.201. The van der Waals surface area contributed by atoms with Crippen LogP contribution in [0, 0.1) is 0 Å². The number of aliphatic carboxylic acids is 1. The van der Waals surface area contributed by atoms with Gasteiger partial charge in [-0.2, -0.15) is 0 Å². The molecule has 0 saturated carbocycles. The Morgan fingerprint density at radius 1 is 0.972 bits per heavy atom. The lowest BCUT2D eigenvalue weighted by Crippen LogP contribution is -2.08. The van der Waals surface area contributed by atoms with Gasteiger partial charge in [-0.05, 0) is 67.3 Å². The summed E-state index contributed by atoms with van der Waals surface area (Å²) in [7, 11) is 0. The van der Waals surface area contributed by atoms with Crippen LogP contribution < -0.4 is 4.74 Å². The van der Waals surface area contributed by atoms with Crippen LogP contribution >= 0.6 is 11.6 Å². The Hall–Kier alpha value is -3.57. The molecule has 186 valence electrons. The van der Waals surface area contributed by atoms with E-state index < -0.39 is 5.97 Å². The summed E-state index contributed by atoms with van der Waals surface area (Å²) in [5.41, 5.74) is 3.18. The fourth-order valence-electron chi connectivity index (χ4n) is 4.38. The van der Waals surface area contributed by atoms with E-state index in [-0.39, 0.29) is 18.3 Å². The minimum absolute atomic E-state index is 0.0741. The zero-order valence-corrected chi connectivity index (χ0v) is 21.1. The number of carboxylic acid groups (broad SMARTS) is 1. The number of para-hydroxylation sites is 1. The first-order valence-electron chi connectivity index (χ1n) is 12.3. The normalized spacial score (nSPS) is 11.9. The average Bonchev–Trinajstić information content (AvgIpc) is 3.25. The molecule has 0 spiro atoms. The van der Waals surface area contributed by atoms with E-state index in [9.17, 15) is 9.59 Å². The molecular weight excluding hydrogens is 474 g/mol. The van der Waals surface area contributed by atoms with Crippen LogP contribution in [0.2, 0.25) is 5.02 Å². The molecule has 4 aromatic rings. The molecule has 0 amide bonds. The number of unbranched alkanes of at least 4 members (excludes halogenated alkanes) is 1. The van der Waals surface area contributed by atoms with Crippen molar-refractivity contribution in [3.8, 4) is 5.75 Å². The highest BCUT2D eigenvalue weighted by molar-refractivity contribution is 6.30. The van der Waals surface area contributed by atoms with Crippen molar-refractivity contribution >= 4 is 34.3 Å². The second-order valence-corrected chi connectivity index (χ2v) is 9.34. The molecule has 3 aromatic carbocycles. The fraction of sp³-hybridized carbons (Fsp3) is 0.267. The molecule has 4 rings (SSSR count).